The molecule has 2 atom stereocenters. The minimum absolute atomic E-state index is 0.155. The van der Waals surface area contributed by atoms with E-state index in [1.807, 2.05) is 35.1 Å². The summed E-state index contributed by atoms with van der Waals surface area (Å²) in [5.74, 6) is 0.722. The topological polar surface area (TPSA) is 50.6 Å². The van der Waals surface area contributed by atoms with Crippen molar-refractivity contribution in [3.63, 3.8) is 0 Å². The maximum Gasteiger partial charge on any atom is 0.253 e. The molecule has 0 N–H and O–H groups in total. The van der Waals surface area contributed by atoms with E-state index in [-0.39, 0.29) is 5.91 Å². The van der Waals surface area contributed by atoms with Crippen LogP contribution in [0.15, 0.2) is 42.7 Å². The number of carbonyl (C=O) groups is 1. The number of fused-ring (bicyclic) bond motifs is 4. The lowest BCUT2D eigenvalue weighted by atomic mass is 9.95. The number of rotatable bonds is 6. The summed E-state index contributed by atoms with van der Waals surface area (Å²) in [5, 5.41) is 4.25. The van der Waals surface area contributed by atoms with Gasteiger partial charge in [-0.15, -0.1) is 0 Å². The summed E-state index contributed by atoms with van der Waals surface area (Å²) in [4.78, 5) is 17.8. The molecule has 5 rings (SSSR count). The molecule has 0 spiro atoms. The van der Waals surface area contributed by atoms with Crippen molar-refractivity contribution in [1.29, 1.82) is 0 Å². The Labute approximate surface area is 160 Å². The SMILES string of the molecule is COCCN1C[C@H]2CC[C@@H]1CN(C(=O)c1cccc(Cn3cccn3)c1)C2. The van der Waals surface area contributed by atoms with Crippen LogP contribution in [0.25, 0.3) is 0 Å². The molecule has 0 radical (unpaired) electrons. The zero-order valence-corrected chi connectivity index (χ0v) is 16.0. The Morgan fingerprint density at radius 2 is 2.15 bits per heavy atom. The van der Waals surface area contributed by atoms with Gasteiger partial charge in [-0.2, -0.15) is 5.10 Å². The van der Waals surface area contributed by atoms with Gasteiger partial charge in [0.2, 0.25) is 0 Å². The number of piperidine rings is 1. The van der Waals surface area contributed by atoms with Crippen LogP contribution in [0.4, 0.5) is 0 Å². The van der Waals surface area contributed by atoms with Crippen LogP contribution in [0.1, 0.15) is 28.8 Å². The van der Waals surface area contributed by atoms with Gasteiger partial charge >= 0.3 is 0 Å². The van der Waals surface area contributed by atoms with Crippen LogP contribution in [0.5, 0.6) is 0 Å². The normalized spacial score (nSPS) is 22.8. The van der Waals surface area contributed by atoms with Crippen molar-refractivity contribution in [3.8, 4) is 0 Å². The first-order chi connectivity index (χ1) is 13.2. The van der Waals surface area contributed by atoms with Crippen LogP contribution >= 0.6 is 0 Å². The molecule has 27 heavy (non-hydrogen) atoms. The number of ether oxygens (including phenoxy) is 1. The van der Waals surface area contributed by atoms with E-state index in [9.17, 15) is 4.79 Å². The van der Waals surface area contributed by atoms with Gasteiger partial charge in [0.25, 0.3) is 5.91 Å². The smallest absolute Gasteiger partial charge is 0.253 e. The van der Waals surface area contributed by atoms with Crippen molar-refractivity contribution < 1.29 is 9.53 Å². The molecule has 6 nitrogen and oxygen atoms in total. The Kier molecular flexibility index (Phi) is 5.55. The molecular weight excluding hydrogens is 340 g/mol. The van der Waals surface area contributed by atoms with Gasteiger partial charge in [-0.3, -0.25) is 14.4 Å². The van der Waals surface area contributed by atoms with Crippen LogP contribution in [0.3, 0.4) is 0 Å². The Morgan fingerprint density at radius 3 is 2.96 bits per heavy atom. The molecule has 2 aromatic rings. The lowest BCUT2D eigenvalue weighted by Gasteiger charge is -2.35. The highest BCUT2D eigenvalue weighted by Crippen LogP contribution is 2.28. The van der Waals surface area contributed by atoms with Gasteiger partial charge in [-0.1, -0.05) is 12.1 Å². The number of methoxy groups -OCH3 is 1. The fourth-order valence-corrected chi connectivity index (χ4v) is 4.39. The van der Waals surface area contributed by atoms with E-state index in [1.165, 1.54) is 12.8 Å². The maximum atomic E-state index is 13.2. The maximum absolute atomic E-state index is 13.2. The molecule has 144 valence electrons. The molecule has 1 amide bonds. The predicted octanol–water partition coefficient (Wildman–Crippen LogP) is 2.11. The minimum atomic E-state index is 0.155. The standard InChI is InChI=1S/C21H28N4O2/c1-27-11-10-23-13-18-6-7-20(23)16-24(14-18)21(26)19-5-2-4-17(12-19)15-25-9-3-8-22-25/h2-5,8-9,12,18,20H,6-7,10-11,13-16H2,1H3/t18-,20-/m1/s1. The Hall–Kier alpha value is -2.18. The highest BCUT2D eigenvalue weighted by Gasteiger charge is 2.36. The van der Waals surface area contributed by atoms with Gasteiger partial charge in [0.15, 0.2) is 0 Å². The average Bonchev–Trinajstić information content (AvgIpc) is 3.03. The highest BCUT2D eigenvalue weighted by molar-refractivity contribution is 5.94. The third-order valence-corrected chi connectivity index (χ3v) is 5.77. The molecular formula is C21H28N4O2. The lowest BCUT2D eigenvalue weighted by Crippen LogP contribution is -2.45. The van der Waals surface area contributed by atoms with Crippen LogP contribution < -0.4 is 0 Å². The van der Waals surface area contributed by atoms with Crippen molar-refractivity contribution >= 4 is 5.91 Å². The van der Waals surface area contributed by atoms with E-state index in [4.69, 9.17) is 4.74 Å². The fourth-order valence-electron chi connectivity index (χ4n) is 4.39. The van der Waals surface area contributed by atoms with Crippen molar-refractivity contribution in [2.75, 3.05) is 39.9 Å². The molecule has 2 bridgehead atoms. The van der Waals surface area contributed by atoms with Crippen molar-refractivity contribution in [2.45, 2.75) is 25.4 Å². The molecule has 3 saturated heterocycles. The van der Waals surface area contributed by atoms with Crippen LogP contribution in [-0.4, -0.2) is 71.4 Å². The number of nitrogens with zero attached hydrogens (tertiary/aromatic N) is 4. The first-order valence-corrected chi connectivity index (χ1v) is 9.81. The zero-order valence-electron chi connectivity index (χ0n) is 16.0. The number of hydrogen-bond acceptors (Lipinski definition) is 4. The summed E-state index contributed by atoms with van der Waals surface area (Å²) in [6.07, 6.45) is 6.11. The number of carbonyl (C=O) groups excluding carboxylic acids is 1. The predicted molar refractivity (Wildman–Crippen MR) is 104 cm³/mol. The van der Waals surface area contributed by atoms with Crippen molar-refractivity contribution in [1.82, 2.24) is 19.6 Å². The lowest BCUT2D eigenvalue weighted by molar-refractivity contribution is 0.0717. The molecule has 0 aliphatic carbocycles. The summed E-state index contributed by atoms with van der Waals surface area (Å²) in [7, 11) is 1.75. The van der Waals surface area contributed by atoms with Crippen molar-refractivity contribution in [3.05, 3.63) is 53.9 Å². The van der Waals surface area contributed by atoms with Crippen molar-refractivity contribution in [2.24, 2.45) is 5.92 Å². The van der Waals surface area contributed by atoms with Gasteiger partial charge < -0.3 is 9.64 Å². The molecule has 3 aliphatic rings. The largest absolute Gasteiger partial charge is 0.383 e. The summed E-state index contributed by atoms with van der Waals surface area (Å²) in [5.41, 5.74) is 1.88. The molecule has 4 heterocycles. The van der Waals surface area contributed by atoms with Gasteiger partial charge in [0, 0.05) is 57.3 Å². The first-order valence-electron chi connectivity index (χ1n) is 9.81. The number of benzene rings is 1. The molecule has 3 fully saturated rings. The van der Waals surface area contributed by atoms with Gasteiger partial charge in [-0.05, 0) is 42.5 Å². The molecule has 0 saturated carbocycles. The van der Waals surface area contributed by atoms with E-state index < -0.39 is 0 Å². The Bertz CT molecular complexity index is 761. The zero-order chi connectivity index (χ0) is 18.6. The summed E-state index contributed by atoms with van der Waals surface area (Å²) in [6.45, 7) is 5.16. The van der Waals surface area contributed by atoms with Gasteiger partial charge in [-0.25, -0.2) is 0 Å². The third-order valence-electron chi connectivity index (χ3n) is 5.77. The second-order valence-electron chi connectivity index (χ2n) is 7.70. The van der Waals surface area contributed by atoms with E-state index in [1.54, 1.807) is 13.3 Å². The summed E-state index contributed by atoms with van der Waals surface area (Å²) < 4.78 is 7.14. The van der Waals surface area contributed by atoms with E-state index in [0.29, 0.717) is 18.5 Å². The molecule has 0 unspecified atom stereocenters. The molecule has 6 heteroatoms. The summed E-state index contributed by atoms with van der Waals surface area (Å²) in [6, 6.07) is 10.3. The van der Waals surface area contributed by atoms with Gasteiger partial charge in [0.05, 0.1) is 13.2 Å². The van der Waals surface area contributed by atoms with E-state index in [0.717, 1.165) is 43.9 Å². The number of hydrogen-bond donors (Lipinski definition) is 0. The number of amides is 1. The molecule has 3 aliphatic heterocycles. The fraction of sp³-hybridized carbons (Fsp3) is 0.524. The third kappa shape index (κ3) is 4.22. The highest BCUT2D eigenvalue weighted by atomic mass is 16.5. The monoisotopic (exact) mass is 368 g/mol. The Morgan fingerprint density at radius 1 is 1.22 bits per heavy atom. The average molecular weight is 368 g/mol. The minimum Gasteiger partial charge on any atom is -0.383 e. The van der Waals surface area contributed by atoms with Crippen LogP contribution in [-0.2, 0) is 11.3 Å². The second-order valence-corrected chi connectivity index (χ2v) is 7.70. The van der Waals surface area contributed by atoms with Crippen LogP contribution in [0, 0.1) is 5.92 Å². The van der Waals surface area contributed by atoms with Gasteiger partial charge in [0.1, 0.15) is 0 Å². The molecule has 1 aromatic carbocycles. The van der Waals surface area contributed by atoms with Crippen LogP contribution in [0.2, 0.25) is 0 Å². The first kappa shape index (κ1) is 18.2. The number of aromatic nitrogens is 2. The Balaban J connectivity index is 1.46. The second kappa shape index (κ2) is 8.23. The van der Waals surface area contributed by atoms with E-state index >= 15 is 0 Å². The van der Waals surface area contributed by atoms with E-state index in [2.05, 4.69) is 21.0 Å². The molecule has 1 aromatic heterocycles. The quantitative estimate of drug-likeness (QED) is 0.784. The summed E-state index contributed by atoms with van der Waals surface area (Å²) >= 11 is 0.